The number of esters is 2. The van der Waals surface area contributed by atoms with Crippen LogP contribution in [0.3, 0.4) is 0 Å². The number of methoxy groups -OCH3 is 3. The van der Waals surface area contributed by atoms with Crippen LogP contribution in [0.1, 0.15) is 0 Å². The van der Waals surface area contributed by atoms with Gasteiger partial charge in [0.25, 0.3) is 0 Å². The summed E-state index contributed by atoms with van der Waals surface area (Å²) in [5, 5.41) is 0. The molecule has 0 atom stereocenters. The molecular formula is C16H19NO6S. The van der Waals surface area contributed by atoms with Crippen molar-refractivity contribution in [3.63, 3.8) is 0 Å². The average molecular weight is 353 g/mol. The summed E-state index contributed by atoms with van der Waals surface area (Å²) in [6.45, 7) is 0.0837. The van der Waals surface area contributed by atoms with E-state index < -0.39 is 11.9 Å². The average Bonchev–Trinajstić information content (AvgIpc) is 2.65. The number of ether oxygens (including phenoxy) is 4. The summed E-state index contributed by atoms with van der Waals surface area (Å²) in [4.78, 5) is 26.7. The van der Waals surface area contributed by atoms with E-state index >= 15 is 0 Å². The molecule has 0 amide bonds. The van der Waals surface area contributed by atoms with Gasteiger partial charge in [-0.3, -0.25) is 0 Å². The summed E-state index contributed by atoms with van der Waals surface area (Å²) in [6, 6.07) is 5.47. The molecule has 0 aromatic heterocycles. The molecule has 0 N–H and O–H groups in total. The molecule has 0 aliphatic carbocycles. The van der Waals surface area contributed by atoms with E-state index in [4.69, 9.17) is 18.9 Å². The molecule has 0 saturated carbocycles. The first kappa shape index (κ1) is 18.2. The summed E-state index contributed by atoms with van der Waals surface area (Å²) < 4.78 is 20.4. The first-order chi connectivity index (χ1) is 11.6. The molecule has 1 aliphatic heterocycles. The topological polar surface area (TPSA) is 74.3 Å². The Hall–Kier alpha value is -2.19. The van der Waals surface area contributed by atoms with E-state index in [9.17, 15) is 9.59 Å². The minimum absolute atomic E-state index is 0.0202. The van der Waals surface area contributed by atoms with E-state index in [2.05, 4.69) is 0 Å². The van der Waals surface area contributed by atoms with Crippen molar-refractivity contribution >= 4 is 29.4 Å². The maximum absolute atomic E-state index is 12.2. The molecule has 0 spiro atoms. The normalized spacial score (nSPS) is 14.4. The zero-order chi connectivity index (χ0) is 17.7. The summed E-state index contributed by atoms with van der Waals surface area (Å²) in [7, 11) is 4.08. The van der Waals surface area contributed by atoms with E-state index in [1.165, 1.54) is 14.2 Å². The molecule has 24 heavy (non-hydrogen) atoms. The Morgan fingerprint density at radius 3 is 2.46 bits per heavy atom. The maximum atomic E-state index is 12.2. The van der Waals surface area contributed by atoms with Crippen LogP contribution in [0.15, 0.2) is 34.4 Å². The molecule has 8 heteroatoms. The van der Waals surface area contributed by atoms with E-state index in [0.717, 1.165) is 4.90 Å². The molecule has 0 radical (unpaired) electrons. The summed E-state index contributed by atoms with van der Waals surface area (Å²) in [5.74, 6) is -0.603. The van der Waals surface area contributed by atoms with Crippen molar-refractivity contribution in [1.82, 2.24) is 0 Å². The van der Waals surface area contributed by atoms with E-state index in [0.29, 0.717) is 11.4 Å². The molecule has 2 rings (SSSR count). The predicted octanol–water partition coefficient (Wildman–Crippen LogP) is 1.81. The minimum Gasteiger partial charge on any atom is -0.496 e. The predicted molar refractivity (Wildman–Crippen MR) is 89.1 cm³/mol. The van der Waals surface area contributed by atoms with Gasteiger partial charge < -0.3 is 23.8 Å². The SMILES string of the molecule is COC(=O)C1=C(C(=O)OC)N(c2ccc(SC)c(OC)c2)COC1. The van der Waals surface area contributed by atoms with Gasteiger partial charge in [0.2, 0.25) is 0 Å². The lowest BCUT2D eigenvalue weighted by molar-refractivity contribution is -0.140. The zero-order valence-corrected chi connectivity index (χ0v) is 14.8. The monoisotopic (exact) mass is 353 g/mol. The maximum Gasteiger partial charge on any atom is 0.355 e. The lowest BCUT2D eigenvalue weighted by Gasteiger charge is -2.31. The van der Waals surface area contributed by atoms with Crippen molar-refractivity contribution in [2.75, 3.05) is 45.8 Å². The highest BCUT2D eigenvalue weighted by Crippen LogP contribution is 2.34. The third-order valence-corrected chi connectivity index (χ3v) is 4.29. The van der Waals surface area contributed by atoms with Crippen LogP contribution in [-0.2, 0) is 23.8 Å². The molecule has 1 heterocycles. The van der Waals surface area contributed by atoms with Gasteiger partial charge in [-0.1, -0.05) is 0 Å². The third kappa shape index (κ3) is 3.49. The lowest BCUT2D eigenvalue weighted by atomic mass is 10.1. The van der Waals surface area contributed by atoms with E-state index in [1.807, 2.05) is 18.4 Å². The molecule has 0 fully saturated rings. The second-order valence-electron chi connectivity index (χ2n) is 4.76. The van der Waals surface area contributed by atoms with Crippen molar-refractivity contribution in [1.29, 1.82) is 0 Å². The quantitative estimate of drug-likeness (QED) is 0.586. The molecule has 0 saturated heterocycles. The first-order valence-corrected chi connectivity index (χ1v) is 8.26. The van der Waals surface area contributed by atoms with Crippen molar-refractivity contribution in [2.24, 2.45) is 0 Å². The number of rotatable bonds is 5. The Balaban J connectivity index is 2.54. The third-order valence-electron chi connectivity index (χ3n) is 3.51. The second kappa shape index (κ2) is 8.07. The van der Waals surface area contributed by atoms with Gasteiger partial charge in [-0.05, 0) is 18.4 Å². The summed E-state index contributed by atoms with van der Waals surface area (Å²) in [6.07, 6.45) is 1.94. The van der Waals surface area contributed by atoms with Crippen molar-refractivity contribution in [2.45, 2.75) is 4.90 Å². The van der Waals surface area contributed by atoms with Crippen LogP contribution in [0, 0.1) is 0 Å². The van der Waals surface area contributed by atoms with Gasteiger partial charge in [0.05, 0.1) is 33.5 Å². The molecule has 1 aliphatic rings. The van der Waals surface area contributed by atoms with Crippen LogP contribution in [0.4, 0.5) is 5.69 Å². The van der Waals surface area contributed by atoms with E-state index in [-0.39, 0.29) is 24.6 Å². The van der Waals surface area contributed by atoms with Gasteiger partial charge in [-0.25, -0.2) is 9.59 Å². The summed E-state index contributed by atoms with van der Waals surface area (Å²) in [5.41, 5.74) is 0.865. The van der Waals surface area contributed by atoms with Crippen LogP contribution in [0.5, 0.6) is 5.75 Å². The van der Waals surface area contributed by atoms with Crippen molar-refractivity contribution < 1.29 is 28.5 Å². The number of hydrogen-bond donors (Lipinski definition) is 0. The van der Waals surface area contributed by atoms with Crippen molar-refractivity contribution in [3.05, 3.63) is 29.5 Å². The zero-order valence-electron chi connectivity index (χ0n) is 14.0. The van der Waals surface area contributed by atoms with Crippen LogP contribution in [0.2, 0.25) is 0 Å². The smallest absolute Gasteiger partial charge is 0.355 e. The Bertz CT molecular complexity index is 673. The second-order valence-corrected chi connectivity index (χ2v) is 5.60. The minimum atomic E-state index is -0.633. The van der Waals surface area contributed by atoms with Gasteiger partial charge in [0.15, 0.2) is 0 Å². The lowest BCUT2D eigenvalue weighted by Crippen LogP contribution is -2.38. The van der Waals surface area contributed by atoms with E-state index in [1.54, 1.807) is 29.8 Å². The number of carbonyl (C=O) groups is 2. The first-order valence-electron chi connectivity index (χ1n) is 7.04. The molecular weight excluding hydrogens is 334 g/mol. The number of anilines is 1. The number of hydrogen-bond acceptors (Lipinski definition) is 8. The fraction of sp³-hybridized carbons (Fsp3) is 0.375. The Morgan fingerprint density at radius 2 is 1.88 bits per heavy atom. The number of thioether (sulfide) groups is 1. The highest BCUT2D eigenvalue weighted by molar-refractivity contribution is 7.98. The van der Waals surface area contributed by atoms with Crippen LogP contribution >= 0.6 is 11.8 Å². The largest absolute Gasteiger partial charge is 0.496 e. The highest BCUT2D eigenvalue weighted by atomic mass is 32.2. The molecule has 0 unspecified atom stereocenters. The molecule has 1 aromatic rings. The standard InChI is InChI=1S/C16H19NO6S/c1-20-12-7-10(5-6-13(12)24-4)17-9-23-8-11(15(18)21-2)14(17)16(19)22-3/h5-7H,8-9H2,1-4H3. The Kier molecular flexibility index (Phi) is 6.10. The van der Waals surface area contributed by atoms with Gasteiger partial charge >= 0.3 is 11.9 Å². The van der Waals surface area contributed by atoms with Crippen LogP contribution < -0.4 is 9.64 Å². The van der Waals surface area contributed by atoms with Gasteiger partial charge in [0.1, 0.15) is 18.2 Å². The molecule has 0 bridgehead atoms. The fourth-order valence-corrected chi connectivity index (χ4v) is 2.89. The van der Waals surface area contributed by atoms with Gasteiger partial charge in [-0.15, -0.1) is 11.8 Å². The Morgan fingerprint density at radius 1 is 1.17 bits per heavy atom. The summed E-state index contributed by atoms with van der Waals surface area (Å²) >= 11 is 1.54. The number of carbonyl (C=O) groups excluding carboxylic acids is 2. The number of nitrogens with zero attached hydrogens (tertiary/aromatic N) is 1. The molecule has 7 nitrogen and oxygen atoms in total. The van der Waals surface area contributed by atoms with Crippen molar-refractivity contribution in [3.8, 4) is 5.75 Å². The highest BCUT2D eigenvalue weighted by Gasteiger charge is 2.32. The van der Waals surface area contributed by atoms with Gasteiger partial charge in [-0.2, -0.15) is 0 Å². The Labute approximate surface area is 144 Å². The van der Waals surface area contributed by atoms with Crippen LogP contribution in [0.25, 0.3) is 0 Å². The number of benzene rings is 1. The van der Waals surface area contributed by atoms with Gasteiger partial charge in [0, 0.05) is 16.6 Å². The molecule has 1 aromatic carbocycles. The van der Waals surface area contributed by atoms with Crippen LogP contribution in [-0.4, -0.2) is 52.9 Å². The fourth-order valence-electron chi connectivity index (χ4n) is 2.34. The molecule has 130 valence electrons.